The van der Waals surface area contributed by atoms with Crippen LogP contribution in [0.15, 0.2) is 24.3 Å². The smallest absolute Gasteiger partial charge is 0.216 e. The Balaban J connectivity index is 1.85. The van der Waals surface area contributed by atoms with E-state index in [1.165, 1.54) is 11.1 Å². The fourth-order valence-electron chi connectivity index (χ4n) is 3.13. The SMILES string of the molecule is CC(=O)NCCN1CC(N)CC(Cc2ccc(C)cc2)C1. The van der Waals surface area contributed by atoms with Crippen LogP contribution < -0.4 is 11.1 Å². The molecule has 1 aliphatic rings. The highest BCUT2D eigenvalue weighted by Crippen LogP contribution is 2.20. The predicted octanol–water partition coefficient (Wildman–Crippen LogP) is 1.32. The number of rotatable bonds is 5. The minimum absolute atomic E-state index is 0.0347. The lowest BCUT2D eigenvalue weighted by Crippen LogP contribution is -2.49. The molecule has 3 N–H and O–H groups in total. The maximum absolute atomic E-state index is 10.9. The normalized spacial score (nSPS) is 23.0. The number of piperidine rings is 1. The Labute approximate surface area is 127 Å². The minimum Gasteiger partial charge on any atom is -0.355 e. The van der Waals surface area contributed by atoms with Crippen LogP contribution in [0.4, 0.5) is 0 Å². The summed E-state index contributed by atoms with van der Waals surface area (Å²) in [6.45, 7) is 7.27. The van der Waals surface area contributed by atoms with Crippen molar-refractivity contribution < 1.29 is 4.79 Å². The van der Waals surface area contributed by atoms with Crippen molar-refractivity contribution in [2.75, 3.05) is 26.2 Å². The number of carbonyl (C=O) groups excluding carboxylic acids is 1. The van der Waals surface area contributed by atoms with Crippen LogP contribution in [0.2, 0.25) is 0 Å². The lowest BCUT2D eigenvalue weighted by atomic mass is 9.89. The van der Waals surface area contributed by atoms with Gasteiger partial charge in [-0.1, -0.05) is 29.8 Å². The van der Waals surface area contributed by atoms with Crippen LogP contribution in [-0.4, -0.2) is 43.0 Å². The van der Waals surface area contributed by atoms with Crippen LogP contribution in [0.1, 0.15) is 24.5 Å². The number of amides is 1. The standard InChI is InChI=1S/C17H27N3O/c1-13-3-5-15(6-4-13)9-16-10-17(18)12-20(11-16)8-7-19-14(2)21/h3-6,16-17H,7-12,18H2,1-2H3,(H,19,21). The highest BCUT2D eigenvalue weighted by atomic mass is 16.1. The zero-order chi connectivity index (χ0) is 15.2. The Morgan fingerprint density at radius 3 is 2.71 bits per heavy atom. The summed E-state index contributed by atoms with van der Waals surface area (Å²) in [7, 11) is 0. The number of hydrogen-bond donors (Lipinski definition) is 2. The van der Waals surface area contributed by atoms with E-state index in [9.17, 15) is 4.79 Å². The molecular weight excluding hydrogens is 262 g/mol. The second-order valence-electron chi connectivity index (χ2n) is 6.29. The summed E-state index contributed by atoms with van der Waals surface area (Å²) in [5.74, 6) is 0.640. The van der Waals surface area contributed by atoms with Crippen LogP contribution in [0.5, 0.6) is 0 Å². The summed E-state index contributed by atoms with van der Waals surface area (Å²) >= 11 is 0. The molecule has 1 amide bonds. The van der Waals surface area contributed by atoms with Crippen molar-refractivity contribution in [3.63, 3.8) is 0 Å². The molecule has 1 heterocycles. The van der Waals surface area contributed by atoms with Gasteiger partial charge in [0, 0.05) is 39.1 Å². The summed E-state index contributed by atoms with van der Waals surface area (Å²) < 4.78 is 0. The summed E-state index contributed by atoms with van der Waals surface area (Å²) in [6, 6.07) is 9.03. The number of nitrogens with two attached hydrogens (primary N) is 1. The lowest BCUT2D eigenvalue weighted by molar-refractivity contribution is -0.119. The molecule has 116 valence electrons. The molecule has 1 aliphatic heterocycles. The largest absolute Gasteiger partial charge is 0.355 e. The van der Waals surface area contributed by atoms with Crippen LogP contribution in [0.25, 0.3) is 0 Å². The van der Waals surface area contributed by atoms with Gasteiger partial charge in [-0.25, -0.2) is 0 Å². The number of nitrogens with one attached hydrogen (secondary N) is 1. The van der Waals surface area contributed by atoms with Gasteiger partial charge in [0.2, 0.25) is 5.91 Å². The number of likely N-dealkylation sites (tertiary alicyclic amines) is 1. The summed E-state index contributed by atoms with van der Waals surface area (Å²) in [5.41, 5.74) is 8.89. The van der Waals surface area contributed by atoms with Gasteiger partial charge >= 0.3 is 0 Å². The van der Waals surface area contributed by atoms with E-state index in [-0.39, 0.29) is 11.9 Å². The van der Waals surface area contributed by atoms with Crippen molar-refractivity contribution in [2.45, 2.75) is 32.7 Å². The Bertz CT molecular complexity index is 458. The molecular formula is C17H27N3O. The molecule has 0 aromatic heterocycles. The average molecular weight is 289 g/mol. The number of benzene rings is 1. The first-order valence-electron chi connectivity index (χ1n) is 7.81. The molecule has 4 heteroatoms. The van der Waals surface area contributed by atoms with E-state index in [0.717, 1.165) is 32.5 Å². The van der Waals surface area contributed by atoms with Crippen molar-refractivity contribution >= 4 is 5.91 Å². The van der Waals surface area contributed by atoms with Gasteiger partial charge in [0.05, 0.1) is 0 Å². The van der Waals surface area contributed by atoms with Gasteiger partial charge in [-0.3, -0.25) is 9.69 Å². The molecule has 2 rings (SSSR count). The summed E-state index contributed by atoms with van der Waals surface area (Å²) in [6.07, 6.45) is 2.18. The van der Waals surface area contributed by atoms with E-state index in [2.05, 4.69) is 41.4 Å². The van der Waals surface area contributed by atoms with Gasteiger partial charge < -0.3 is 11.1 Å². The third-order valence-electron chi connectivity index (χ3n) is 4.09. The maximum Gasteiger partial charge on any atom is 0.216 e. The topological polar surface area (TPSA) is 58.4 Å². The van der Waals surface area contributed by atoms with Gasteiger partial charge in [0.15, 0.2) is 0 Å². The molecule has 0 bridgehead atoms. The van der Waals surface area contributed by atoms with E-state index >= 15 is 0 Å². The van der Waals surface area contributed by atoms with Gasteiger partial charge in [0.1, 0.15) is 0 Å². The second-order valence-corrected chi connectivity index (χ2v) is 6.29. The summed E-state index contributed by atoms with van der Waals surface area (Å²) in [5, 5.41) is 2.86. The number of carbonyl (C=O) groups is 1. The van der Waals surface area contributed by atoms with Crippen LogP contribution >= 0.6 is 0 Å². The molecule has 1 fully saturated rings. The number of aryl methyl sites for hydroxylation is 1. The van der Waals surface area contributed by atoms with Crippen molar-refractivity contribution in [1.82, 2.24) is 10.2 Å². The lowest BCUT2D eigenvalue weighted by Gasteiger charge is -2.36. The number of hydrogen-bond acceptors (Lipinski definition) is 3. The van der Waals surface area contributed by atoms with Crippen LogP contribution in [-0.2, 0) is 11.2 Å². The molecule has 2 atom stereocenters. The maximum atomic E-state index is 10.9. The zero-order valence-electron chi connectivity index (χ0n) is 13.1. The van der Waals surface area contributed by atoms with Crippen molar-refractivity contribution in [3.8, 4) is 0 Å². The van der Waals surface area contributed by atoms with E-state index < -0.39 is 0 Å². The molecule has 1 aromatic carbocycles. The molecule has 21 heavy (non-hydrogen) atoms. The van der Waals surface area contributed by atoms with Crippen LogP contribution in [0, 0.1) is 12.8 Å². The fourth-order valence-corrected chi connectivity index (χ4v) is 3.13. The van der Waals surface area contributed by atoms with E-state index in [0.29, 0.717) is 12.5 Å². The zero-order valence-corrected chi connectivity index (χ0v) is 13.1. The minimum atomic E-state index is 0.0347. The Kier molecular flexibility index (Phi) is 5.76. The second kappa shape index (κ2) is 7.57. The Morgan fingerprint density at radius 1 is 1.33 bits per heavy atom. The van der Waals surface area contributed by atoms with E-state index in [1.54, 1.807) is 6.92 Å². The van der Waals surface area contributed by atoms with E-state index in [1.807, 2.05) is 0 Å². The molecule has 1 aromatic rings. The molecule has 0 aliphatic carbocycles. The molecule has 0 radical (unpaired) electrons. The van der Waals surface area contributed by atoms with Gasteiger partial charge in [-0.05, 0) is 31.2 Å². The first kappa shape index (κ1) is 16.0. The van der Waals surface area contributed by atoms with Crippen molar-refractivity contribution in [1.29, 1.82) is 0 Å². The third kappa shape index (κ3) is 5.48. The monoisotopic (exact) mass is 289 g/mol. The van der Waals surface area contributed by atoms with Gasteiger partial charge in [-0.15, -0.1) is 0 Å². The summed E-state index contributed by atoms with van der Waals surface area (Å²) in [4.78, 5) is 13.3. The Hall–Kier alpha value is -1.39. The van der Waals surface area contributed by atoms with E-state index in [4.69, 9.17) is 5.73 Å². The first-order valence-corrected chi connectivity index (χ1v) is 7.81. The molecule has 2 unspecified atom stereocenters. The van der Waals surface area contributed by atoms with Crippen molar-refractivity contribution in [3.05, 3.63) is 35.4 Å². The Morgan fingerprint density at radius 2 is 2.05 bits per heavy atom. The molecule has 0 spiro atoms. The average Bonchev–Trinajstić information content (AvgIpc) is 2.40. The molecule has 4 nitrogen and oxygen atoms in total. The molecule has 0 saturated carbocycles. The number of nitrogens with zero attached hydrogens (tertiary/aromatic N) is 1. The quantitative estimate of drug-likeness (QED) is 0.859. The fraction of sp³-hybridized carbons (Fsp3) is 0.588. The van der Waals surface area contributed by atoms with Gasteiger partial charge in [0.25, 0.3) is 0 Å². The molecule has 1 saturated heterocycles. The van der Waals surface area contributed by atoms with Crippen molar-refractivity contribution in [2.24, 2.45) is 11.7 Å². The predicted molar refractivity (Wildman–Crippen MR) is 86.1 cm³/mol. The highest BCUT2D eigenvalue weighted by Gasteiger charge is 2.24. The van der Waals surface area contributed by atoms with Gasteiger partial charge in [-0.2, -0.15) is 0 Å². The third-order valence-corrected chi connectivity index (χ3v) is 4.09. The highest BCUT2D eigenvalue weighted by molar-refractivity contribution is 5.72. The van der Waals surface area contributed by atoms with Crippen LogP contribution in [0.3, 0.4) is 0 Å². The first-order chi connectivity index (χ1) is 10.0.